The molecule has 0 unspecified atom stereocenters. The number of benzene rings is 2. The molecule has 102 valence electrons. The summed E-state index contributed by atoms with van der Waals surface area (Å²) in [4.78, 5) is 0. The second-order valence-electron chi connectivity index (χ2n) is 5.07. The van der Waals surface area contributed by atoms with Crippen molar-refractivity contribution in [1.29, 1.82) is 0 Å². The summed E-state index contributed by atoms with van der Waals surface area (Å²) in [6.45, 7) is 0.939. The van der Waals surface area contributed by atoms with Crippen LogP contribution in [0.25, 0.3) is 6.08 Å². The quantitative estimate of drug-likeness (QED) is 0.843. The fourth-order valence-electron chi connectivity index (χ4n) is 2.02. The normalized spacial score (nSPS) is 14.6. The van der Waals surface area contributed by atoms with E-state index in [-0.39, 0.29) is 0 Å². The molecule has 0 atom stereocenters. The van der Waals surface area contributed by atoms with Crippen molar-refractivity contribution < 1.29 is 4.74 Å². The van der Waals surface area contributed by atoms with E-state index in [1.54, 1.807) is 0 Å². The van der Waals surface area contributed by atoms with E-state index in [1.807, 2.05) is 42.5 Å². The fraction of sp³-hybridized carbons (Fsp3) is 0.222. The van der Waals surface area contributed by atoms with Crippen LogP contribution in [0.4, 0.5) is 0 Å². The Kier molecular flexibility index (Phi) is 4.14. The van der Waals surface area contributed by atoms with Gasteiger partial charge in [0.15, 0.2) is 0 Å². The molecule has 2 nitrogen and oxygen atoms in total. The maximum Gasteiger partial charge on any atom is 0.128 e. The largest absolute Gasteiger partial charge is 0.457 e. The Bertz CT molecular complexity index is 573. The van der Waals surface area contributed by atoms with Gasteiger partial charge in [-0.05, 0) is 42.7 Å². The number of nitrogens with one attached hydrogen (secondary N) is 1. The summed E-state index contributed by atoms with van der Waals surface area (Å²) in [7, 11) is 0. The molecule has 1 aliphatic carbocycles. The van der Waals surface area contributed by atoms with Gasteiger partial charge in [-0.25, -0.2) is 0 Å². The molecule has 0 radical (unpaired) electrons. The van der Waals surface area contributed by atoms with Crippen LogP contribution in [0.15, 0.2) is 60.7 Å². The zero-order valence-corrected chi connectivity index (χ0v) is 11.5. The molecule has 0 amide bonds. The highest BCUT2D eigenvalue weighted by Gasteiger charge is 2.18. The van der Waals surface area contributed by atoms with Gasteiger partial charge in [-0.3, -0.25) is 0 Å². The first kappa shape index (κ1) is 12.9. The van der Waals surface area contributed by atoms with Gasteiger partial charge in [0.1, 0.15) is 11.5 Å². The Morgan fingerprint density at radius 1 is 1.00 bits per heavy atom. The van der Waals surface area contributed by atoms with Crippen molar-refractivity contribution in [2.75, 3.05) is 6.54 Å². The molecule has 0 spiro atoms. The minimum absolute atomic E-state index is 0.757. The van der Waals surface area contributed by atoms with E-state index in [9.17, 15) is 0 Å². The third-order valence-corrected chi connectivity index (χ3v) is 3.25. The van der Waals surface area contributed by atoms with Crippen LogP contribution in [0.1, 0.15) is 18.4 Å². The molecule has 0 bridgehead atoms. The maximum absolute atomic E-state index is 5.82. The summed E-state index contributed by atoms with van der Waals surface area (Å²) in [5.74, 6) is 1.73. The van der Waals surface area contributed by atoms with Crippen LogP contribution in [0.5, 0.6) is 11.5 Å². The van der Waals surface area contributed by atoms with Gasteiger partial charge >= 0.3 is 0 Å². The lowest BCUT2D eigenvalue weighted by Crippen LogP contribution is -2.15. The topological polar surface area (TPSA) is 21.3 Å². The van der Waals surface area contributed by atoms with Crippen molar-refractivity contribution in [3.63, 3.8) is 0 Å². The predicted molar refractivity (Wildman–Crippen MR) is 83.0 cm³/mol. The van der Waals surface area contributed by atoms with Crippen molar-refractivity contribution in [2.45, 2.75) is 18.9 Å². The van der Waals surface area contributed by atoms with Gasteiger partial charge in [0.25, 0.3) is 0 Å². The van der Waals surface area contributed by atoms with Gasteiger partial charge in [-0.2, -0.15) is 0 Å². The number of para-hydroxylation sites is 1. The molecule has 1 fully saturated rings. The van der Waals surface area contributed by atoms with Gasteiger partial charge in [0.05, 0.1) is 0 Å². The van der Waals surface area contributed by atoms with Crippen molar-refractivity contribution >= 4 is 6.08 Å². The van der Waals surface area contributed by atoms with Crippen molar-refractivity contribution in [3.8, 4) is 11.5 Å². The summed E-state index contributed by atoms with van der Waals surface area (Å²) in [5.41, 5.74) is 1.16. The fourth-order valence-corrected chi connectivity index (χ4v) is 2.02. The average molecular weight is 265 g/mol. The number of ether oxygens (including phenoxy) is 1. The predicted octanol–water partition coefficient (Wildman–Crippen LogP) is 4.24. The van der Waals surface area contributed by atoms with Gasteiger partial charge in [0, 0.05) is 12.6 Å². The van der Waals surface area contributed by atoms with Crippen LogP contribution in [-0.2, 0) is 0 Å². The Morgan fingerprint density at radius 2 is 1.80 bits per heavy atom. The van der Waals surface area contributed by atoms with Gasteiger partial charge < -0.3 is 10.1 Å². The Hall–Kier alpha value is -2.06. The third-order valence-electron chi connectivity index (χ3n) is 3.25. The van der Waals surface area contributed by atoms with Crippen molar-refractivity contribution in [2.24, 2.45) is 0 Å². The minimum Gasteiger partial charge on any atom is -0.457 e. The molecule has 20 heavy (non-hydrogen) atoms. The van der Waals surface area contributed by atoms with Crippen LogP contribution in [0.2, 0.25) is 0 Å². The Morgan fingerprint density at radius 3 is 2.60 bits per heavy atom. The molecular formula is C18H19NO. The number of rotatable bonds is 6. The zero-order chi connectivity index (χ0) is 13.6. The van der Waals surface area contributed by atoms with E-state index in [1.165, 1.54) is 12.8 Å². The second-order valence-corrected chi connectivity index (χ2v) is 5.07. The average Bonchev–Trinajstić information content (AvgIpc) is 3.29. The highest BCUT2D eigenvalue weighted by molar-refractivity contribution is 5.52. The molecule has 1 aliphatic rings. The zero-order valence-electron chi connectivity index (χ0n) is 11.5. The first-order chi connectivity index (χ1) is 9.90. The standard InChI is InChI=1S/C18H19NO/c1-2-8-17(9-3-1)20-18-10-4-6-15(14-18)7-5-13-19-16-11-12-16/h1-10,14,16,19H,11-13H2. The van der Waals surface area contributed by atoms with Crippen molar-refractivity contribution in [1.82, 2.24) is 5.32 Å². The number of hydrogen-bond donors (Lipinski definition) is 1. The molecular weight excluding hydrogens is 246 g/mol. The van der Waals surface area contributed by atoms with E-state index in [2.05, 4.69) is 29.6 Å². The monoisotopic (exact) mass is 265 g/mol. The summed E-state index contributed by atoms with van der Waals surface area (Å²) >= 11 is 0. The Balaban J connectivity index is 1.60. The smallest absolute Gasteiger partial charge is 0.128 e. The Labute approximate surface area is 120 Å². The van der Waals surface area contributed by atoms with Crippen LogP contribution in [0.3, 0.4) is 0 Å². The molecule has 0 aliphatic heterocycles. The highest BCUT2D eigenvalue weighted by atomic mass is 16.5. The van der Waals surface area contributed by atoms with E-state index in [0.29, 0.717) is 0 Å². The van der Waals surface area contributed by atoms with Crippen LogP contribution < -0.4 is 10.1 Å². The molecule has 0 saturated heterocycles. The van der Waals surface area contributed by atoms with E-state index in [4.69, 9.17) is 4.74 Å². The summed E-state index contributed by atoms with van der Waals surface area (Å²) in [6, 6.07) is 18.8. The summed E-state index contributed by atoms with van der Waals surface area (Å²) in [5, 5.41) is 3.46. The molecule has 1 N–H and O–H groups in total. The SMILES string of the molecule is C(=Cc1cccc(Oc2ccccc2)c1)CNC1CC1. The summed E-state index contributed by atoms with van der Waals surface area (Å²) in [6.07, 6.45) is 6.95. The first-order valence-electron chi connectivity index (χ1n) is 7.13. The lowest BCUT2D eigenvalue weighted by Gasteiger charge is -2.06. The molecule has 0 heterocycles. The van der Waals surface area contributed by atoms with Gasteiger partial charge in [-0.15, -0.1) is 0 Å². The first-order valence-corrected chi connectivity index (χ1v) is 7.13. The van der Waals surface area contributed by atoms with Crippen LogP contribution >= 0.6 is 0 Å². The van der Waals surface area contributed by atoms with E-state index < -0.39 is 0 Å². The number of hydrogen-bond acceptors (Lipinski definition) is 2. The molecule has 2 aromatic rings. The third kappa shape index (κ3) is 3.97. The minimum atomic E-state index is 0.757. The van der Waals surface area contributed by atoms with Gasteiger partial charge in [-0.1, -0.05) is 42.5 Å². The molecule has 0 aromatic heterocycles. The van der Waals surface area contributed by atoms with Crippen LogP contribution in [-0.4, -0.2) is 12.6 Å². The van der Waals surface area contributed by atoms with E-state index >= 15 is 0 Å². The lowest BCUT2D eigenvalue weighted by atomic mass is 10.2. The molecule has 2 heteroatoms. The highest BCUT2D eigenvalue weighted by Crippen LogP contribution is 2.22. The molecule has 1 saturated carbocycles. The molecule has 3 rings (SSSR count). The lowest BCUT2D eigenvalue weighted by molar-refractivity contribution is 0.482. The van der Waals surface area contributed by atoms with Crippen LogP contribution in [0, 0.1) is 0 Å². The maximum atomic E-state index is 5.82. The van der Waals surface area contributed by atoms with Gasteiger partial charge in [0.2, 0.25) is 0 Å². The van der Waals surface area contributed by atoms with E-state index in [0.717, 1.165) is 29.6 Å². The second kappa shape index (κ2) is 6.40. The molecule has 2 aromatic carbocycles. The summed E-state index contributed by atoms with van der Waals surface area (Å²) < 4.78 is 5.82. The van der Waals surface area contributed by atoms with Crippen molar-refractivity contribution in [3.05, 3.63) is 66.2 Å².